The SMILES string of the molecule is NC(=O)c1ncc(-n2nccn2)nc1-c1ccccn1. The molecule has 0 aliphatic rings. The van der Waals surface area contributed by atoms with Gasteiger partial charge in [-0.2, -0.15) is 10.2 Å². The van der Waals surface area contributed by atoms with Crippen molar-refractivity contribution in [3.8, 4) is 17.2 Å². The lowest BCUT2D eigenvalue weighted by Crippen LogP contribution is -2.17. The van der Waals surface area contributed by atoms with Gasteiger partial charge in [0.25, 0.3) is 5.91 Å². The Morgan fingerprint density at radius 3 is 2.55 bits per heavy atom. The maximum absolute atomic E-state index is 11.4. The van der Waals surface area contributed by atoms with E-state index in [2.05, 4.69) is 25.1 Å². The molecule has 0 fully saturated rings. The molecule has 3 heterocycles. The molecule has 0 atom stereocenters. The van der Waals surface area contributed by atoms with Gasteiger partial charge in [-0.15, -0.1) is 4.80 Å². The molecule has 20 heavy (non-hydrogen) atoms. The number of carbonyl (C=O) groups excluding carboxylic acids is 1. The zero-order valence-electron chi connectivity index (χ0n) is 10.2. The van der Waals surface area contributed by atoms with E-state index in [9.17, 15) is 4.79 Å². The fourth-order valence-corrected chi connectivity index (χ4v) is 1.67. The maximum atomic E-state index is 11.4. The molecule has 8 nitrogen and oxygen atoms in total. The highest BCUT2D eigenvalue weighted by Gasteiger charge is 2.16. The lowest BCUT2D eigenvalue weighted by molar-refractivity contribution is 0.0996. The molecule has 0 radical (unpaired) electrons. The summed E-state index contributed by atoms with van der Waals surface area (Å²) >= 11 is 0. The van der Waals surface area contributed by atoms with E-state index in [1.165, 1.54) is 23.4 Å². The molecular formula is C12H9N7O. The smallest absolute Gasteiger partial charge is 0.269 e. The third kappa shape index (κ3) is 2.09. The summed E-state index contributed by atoms with van der Waals surface area (Å²) in [5.74, 6) is -0.293. The molecule has 0 aromatic carbocycles. The molecule has 1 amide bonds. The molecule has 0 saturated carbocycles. The summed E-state index contributed by atoms with van der Waals surface area (Å²) in [4.78, 5) is 25.2. The Morgan fingerprint density at radius 1 is 1.10 bits per heavy atom. The van der Waals surface area contributed by atoms with E-state index in [-0.39, 0.29) is 5.69 Å². The maximum Gasteiger partial charge on any atom is 0.269 e. The fraction of sp³-hybridized carbons (Fsp3) is 0. The Labute approximate surface area is 113 Å². The van der Waals surface area contributed by atoms with Crippen molar-refractivity contribution in [1.29, 1.82) is 0 Å². The number of nitrogens with two attached hydrogens (primary N) is 1. The quantitative estimate of drug-likeness (QED) is 0.726. The average molecular weight is 267 g/mol. The van der Waals surface area contributed by atoms with Crippen molar-refractivity contribution in [2.75, 3.05) is 0 Å². The summed E-state index contributed by atoms with van der Waals surface area (Å²) in [5, 5.41) is 7.92. The zero-order chi connectivity index (χ0) is 13.9. The highest BCUT2D eigenvalue weighted by molar-refractivity contribution is 5.96. The number of hydrogen-bond acceptors (Lipinski definition) is 6. The molecule has 98 valence electrons. The van der Waals surface area contributed by atoms with Crippen LogP contribution in [-0.2, 0) is 0 Å². The van der Waals surface area contributed by atoms with Crippen LogP contribution in [0.15, 0.2) is 43.0 Å². The van der Waals surface area contributed by atoms with Gasteiger partial charge in [0.2, 0.25) is 0 Å². The van der Waals surface area contributed by atoms with Crippen LogP contribution in [-0.4, -0.2) is 35.9 Å². The summed E-state index contributed by atoms with van der Waals surface area (Å²) in [7, 11) is 0. The van der Waals surface area contributed by atoms with Crippen LogP contribution in [0.4, 0.5) is 0 Å². The molecule has 0 spiro atoms. The predicted octanol–water partition coefficient (Wildman–Crippen LogP) is 0.218. The van der Waals surface area contributed by atoms with E-state index >= 15 is 0 Å². The van der Waals surface area contributed by atoms with Gasteiger partial charge in [-0.3, -0.25) is 9.78 Å². The topological polar surface area (TPSA) is 112 Å². The van der Waals surface area contributed by atoms with Gasteiger partial charge in [0.1, 0.15) is 5.69 Å². The number of amides is 1. The fourth-order valence-electron chi connectivity index (χ4n) is 1.67. The van der Waals surface area contributed by atoms with Crippen LogP contribution in [0.25, 0.3) is 17.2 Å². The van der Waals surface area contributed by atoms with Crippen LogP contribution >= 0.6 is 0 Å². The zero-order valence-corrected chi connectivity index (χ0v) is 10.2. The van der Waals surface area contributed by atoms with Crippen molar-refractivity contribution in [3.63, 3.8) is 0 Å². The minimum Gasteiger partial charge on any atom is -0.364 e. The van der Waals surface area contributed by atoms with Crippen LogP contribution in [0.5, 0.6) is 0 Å². The Bertz CT molecular complexity index is 740. The first-order chi connectivity index (χ1) is 9.75. The number of aromatic nitrogens is 6. The second-order valence-corrected chi connectivity index (χ2v) is 3.82. The van der Waals surface area contributed by atoms with Gasteiger partial charge in [0.15, 0.2) is 11.5 Å². The Balaban J connectivity index is 2.19. The van der Waals surface area contributed by atoms with Gasteiger partial charge in [0, 0.05) is 6.20 Å². The summed E-state index contributed by atoms with van der Waals surface area (Å²) in [5.41, 5.74) is 6.17. The molecule has 8 heteroatoms. The number of nitrogens with zero attached hydrogens (tertiary/aromatic N) is 6. The number of hydrogen-bond donors (Lipinski definition) is 1. The Kier molecular flexibility index (Phi) is 2.88. The van der Waals surface area contributed by atoms with E-state index in [1.807, 2.05) is 0 Å². The first-order valence-corrected chi connectivity index (χ1v) is 5.70. The predicted molar refractivity (Wildman–Crippen MR) is 68.7 cm³/mol. The van der Waals surface area contributed by atoms with Crippen LogP contribution in [0.1, 0.15) is 10.5 Å². The molecule has 0 unspecified atom stereocenters. The monoisotopic (exact) mass is 267 g/mol. The molecule has 0 saturated heterocycles. The molecule has 3 rings (SSSR count). The third-order valence-electron chi connectivity index (χ3n) is 2.52. The van der Waals surface area contributed by atoms with Gasteiger partial charge in [-0.1, -0.05) is 6.07 Å². The Hall–Kier alpha value is -3.16. The lowest BCUT2D eigenvalue weighted by Gasteiger charge is -2.06. The van der Waals surface area contributed by atoms with Crippen molar-refractivity contribution in [2.45, 2.75) is 0 Å². The molecular weight excluding hydrogens is 258 g/mol. The number of pyridine rings is 1. The minimum atomic E-state index is -0.668. The Morgan fingerprint density at radius 2 is 1.90 bits per heavy atom. The standard InChI is InChI=1S/C12H9N7O/c13-12(20)11-10(8-3-1-2-4-14-8)18-9(7-15-11)19-16-5-6-17-19/h1-7H,(H2,13,20). The van der Waals surface area contributed by atoms with Crippen LogP contribution in [0.2, 0.25) is 0 Å². The van der Waals surface area contributed by atoms with Gasteiger partial charge < -0.3 is 5.73 Å². The average Bonchev–Trinajstić information content (AvgIpc) is 3.02. The summed E-state index contributed by atoms with van der Waals surface area (Å²) < 4.78 is 0. The number of primary amides is 1. The summed E-state index contributed by atoms with van der Waals surface area (Å²) in [6.45, 7) is 0. The summed E-state index contributed by atoms with van der Waals surface area (Å²) in [6.07, 6.45) is 6.02. The van der Waals surface area contributed by atoms with Crippen molar-refractivity contribution in [3.05, 3.63) is 48.7 Å². The van der Waals surface area contributed by atoms with E-state index in [0.29, 0.717) is 17.2 Å². The lowest BCUT2D eigenvalue weighted by atomic mass is 10.2. The highest BCUT2D eigenvalue weighted by Crippen LogP contribution is 2.18. The van der Waals surface area contributed by atoms with Crippen LogP contribution < -0.4 is 5.73 Å². The largest absolute Gasteiger partial charge is 0.364 e. The van der Waals surface area contributed by atoms with Gasteiger partial charge in [-0.05, 0) is 12.1 Å². The minimum absolute atomic E-state index is 0.0552. The van der Waals surface area contributed by atoms with Crippen LogP contribution in [0.3, 0.4) is 0 Å². The second kappa shape index (κ2) is 4.84. The summed E-state index contributed by atoms with van der Waals surface area (Å²) in [6, 6.07) is 5.27. The first kappa shape index (κ1) is 11.9. The van der Waals surface area contributed by atoms with Crippen molar-refractivity contribution >= 4 is 5.91 Å². The van der Waals surface area contributed by atoms with Gasteiger partial charge >= 0.3 is 0 Å². The third-order valence-corrected chi connectivity index (χ3v) is 2.52. The molecule has 0 aliphatic heterocycles. The van der Waals surface area contributed by atoms with Crippen molar-refractivity contribution < 1.29 is 4.79 Å². The van der Waals surface area contributed by atoms with E-state index in [0.717, 1.165) is 0 Å². The molecule has 0 bridgehead atoms. The molecule has 3 aromatic rings. The van der Waals surface area contributed by atoms with Crippen molar-refractivity contribution in [2.24, 2.45) is 5.73 Å². The highest BCUT2D eigenvalue weighted by atomic mass is 16.1. The van der Waals surface area contributed by atoms with E-state index in [4.69, 9.17) is 5.73 Å². The van der Waals surface area contributed by atoms with E-state index in [1.54, 1.807) is 24.4 Å². The van der Waals surface area contributed by atoms with Crippen LogP contribution in [0, 0.1) is 0 Å². The second-order valence-electron chi connectivity index (χ2n) is 3.82. The van der Waals surface area contributed by atoms with Gasteiger partial charge in [0.05, 0.1) is 24.3 Å². The normalized spacial score (nSPS) is 10.4. The number of carbonyl (C=O) groups is 1. The van der Waals surface area contributed by atoms with E-state index < -0.39 is 5.91 Å². The molecule has 2 N–H and O–H groups in total. The first-order valence-electron chi connectivity index (χ1n) is 5.70. The number of rotatable bonds is 3. The van der Waals surface area contributed by atoms with Gasteiger partial charge in [-0.25, -0.2) is 9.97 Å². The molecule has 3 aromatic heterocycles. The van der Waals surface area contributed by atoms with Crippen molar-refractivity contribution in [1.82, 2.24) is 29.9 Å². The molecule has 0 aliphatic carbocycles.